The Kier molecular flexibility index (Phi) is 8.69. The van der Waals surface area contributed by atoms with Gasteiger partial charge in [-0.25, -0.2) is 14.6 Å². The lowest BCUT2D eigenvalue weighted by Gasteiger charge is -2.34. The predicted octanol–water partition coefficient (Wildman–Crippen LogP) is -1.24. The molecule has 31 heavy (non-hydrogen) atoms. The number of nitrogens with one attached hydrogen (secondary N) is 3. The molecule has 2 heterocycles. The summed E-state index contributed by atoms with van der Waals surface area (Å²) in [6, 6.07) is -2.47. The van der Waals surface area contributed by atoms with Gasteiger partial charge in [-0.05, 0) is 6.92 Å². The van der Waals surface area contributed by atoms with E-state index >= 15 is 0 Å². The van der Waals surface area contributed by atoms with E-state index in [1.54, 1.807) is 6.92 Å². The van der Waals surface area contributed by atoms with E-state index in [-0.39, 0.29) is 29.0 Å². The van der Waals surface area contributed by atoms with Crippen molar-refractivity contribution in [2.45, 2.75) is 19.0 Å². The molecule has 13 nitrogen and oxygen atoms in total. The van der Waals surface area contributed by atoms with Crippen LogP contribution < -0.4 is 16.0 Å². The number of hydrogen-bond donors (Lipinski definition) is 3. The lowest BCUT2D eigenvalue weighted by atomic mass is 9.98. The second kappa shape index (κ2) is 11.2. The van der Waals surface area contributed by atoms with E-state index < -0.39 is 48.4 Å². The van der Waals surface area contributed by atoms with Crippen LogP contribution in [0.4, 0.5) is 5.13 Å². The van der Waals surface area contributed by atoms with Crippen molar-refractivity contribution in [3.05, 3.63) is 11.1 Å². The van der Waals surface area contributed by atoms with Crippen molar-refractivity contribution in [3.8, 4) is 0 Å². The maximum Gasteiger partial charge on any atom is 0.344 e. The number of oxime groups is 1. The summed E-state index contributed by atoms with van der Waals surface area (Å²) in [7, 11) is 1.20. The molecule has 168 valence electrons. The number of esters is 2. The average molecular weight is 476 g/mol. The number of aromatic nitrogens is 1. The van der Waals surface area contributed by atoms with Crippen molar-refractivity contribution in [2.75, 3.05) is 31.5 Å². The largest absolute Gasteiger partial charge is 0.463 e. The number of amides is 3. The molecule has 0 saturated carbocycles. The molecule has 1 fully saturated rings. The van der Waals surface area contributed by atoms with Gasteiger partial charge in [0.05, 0.1) is 6.61 Å². The molecule has 3 N–H and O–H groups in total. The fraction of sp³-hybridized carbons (Fsp3) is 0.438. The second-order valence-corrected chi connectivity index (χ2v) is 6.82. The minimum absolute atomic E-state index is 0.0513. The zero-order valence-corrected chi connectivity index (χ0v) is 17.9. The van der Waals surface area contributed by atoms with E-state index in [0.717, 1.165) is 11.3 Å². The van der Waals surface area contributed by atoms with E-state index in [1.165, 1.54) is 12.5 Å². The van der Waals surface area contributed by atoms with E-state index in [2.05, 4.69) is 35.7 Å². The Bertz CT molecular complexity index is 904. The van der Waals surface area contributed by atoms with Crippen LogP contribution >= 0.6 is 22.9 Å². The summed E-state index contributed by atoms with van der Waals surface area (Å²) in [5.41, 5.74) is -0.251. The molecule has 15 heteroatoms. The van der Waals surface area contributed by atoms with Crippen LogP contribution in [-0.2, 0) is 38.3 Å². The summed E-state index contributed by atoms with van der Waals surface area (Å²) in [5.74, 6) is -3.96. The fourth-order valence-corrected chi connectivity index (χ4v) is 3.02. The van der Waals surface area contributed by atoms with Crippen LogP contribution in [0.2, 0.25) is 0 Å². The number of ether oxygens (including phenoxy) is 2. The van der Waals surface area contributed by atoms with Gasteiger partial charge in [0.15, 0.2) is 23.5 Å². The molecule has 2 atom stereocenters. The Morgan fingerprint density at radius 3 is 2.68 bits per heavy atom. The van der Waals surface area contributed by atoms with Crippen molar-refractivity contribution in [2.24, 2.45) is 5.16 Å². The van der Waals surface area contributed by atoms with Gasteiger partial charge in [-0.1, -0.05) is 5.16 Å². The number of carbonyl (C=O) groups excluding carboxylic acids is 5. The Balaban J connectivity index is 2.03. The van der Waals surface area contributed by atoms with Crippen LogP contribution in [-0.4, -0.2) is 78.6 Å². The highest BCUT2D eigenvalue weighted by atomic mass is 35.5. The molecule has 0 bridgehead atoms. The highest BCUT2D eigenvalue weighted by molar-refractivity contribution is 7.14. The number of thiazole rings is 1. The average Bonchev–Trinajstić information content (AvgIpc) is 3.20. The zero-order valence-electron chi connectivity index (χ0n) is 16.3. The monoisotopic (exact) mass is 475 g/mol. The van der Waals surface area contributed by atoms with Crippen molar-refractivity contribution in [1.29, 1.82) is 0 Å². The molecule has 1 aromatic rings. The van der Waals surface area contributed by atoms with Crippen LogP contribution in [0.3, 0.4) is 0 Å². The standard InChI is InChI=1S/C16H18ClN5O8S/c1-3-29-9(24)5-30-15(27)12-11(14(26)21-12)20-13(25)10(22-28-2)7-6-31-16(18-7)19-8(23)4-17/h6,11-12H,3-5H2,1-2H3,(H,20,25)(H,21,26)(H,18,19,23)/t11-,12-/m1/s1. The third-order valence-electron chi connectivity index (χ3n) is 3.60. The highest BCUT2D eigenvalue weighted by Crippen LogP contribution is 2.17. The molecule has 1 aliphatic heterocycles. The number of hydrogen-bond acceptors (Lipinski definition) is 11. The van der Waals surface area contributed by atoms with E-state index in [9.17, 15) is 24.0 Å². The van der Waals surface area contributed by atoms with Gasteiger partial charge in [0.2, 0.25) is 11.8 Å². The molecule has 0 aromatic carbocycles. The Labute approximate surface area is 184 Å². The summed E-state index contributed by atoms with van der Waals surface area (Å²) in [5, 5.41) is 12.2. The summed E-state index contributed by atoms with van der Waals surface area (Å²) in [6.45, 7) is 1.07. The molecule has 0 aliphatic carbocycles. The van der Waals surface area contributed by atoms with Gasteiger partial charge < -0.3 is 30.3 Å². The Morgan fingerprint density at radius 1 is 1.32 bits per heavy atom. The second-order valence-electron chi connectivity index (χ2n) is 5.69. The van der Waals surface area contributed by atoms with E-state index in [0.29, 0.717) is 0 Å². The van der Waals surface area contributed by atoms with Crippen LogP contribution in [0.1, 0.15) is 12.6 Å². The smallest absolute Gasteiger partial charge is 0.344 e. The third kappa shape index (κ3) is 6.36. The molecule has 0 spiro atoms. The van der Waals surface area contributed by atoms with Gasteiger partial charge in [-0.3, -0.25) is 14.4 Å². The van der Waals surface area contributed by atoms with Crippen LogP contribution in [0.5, 0.6) is 0 Å². The Hall–Kier alpha value is -3.26. The molecular weight excluding hydrogens is 458 g/mol. The first-order valence-corrected chi connectivity index (χ1v) is 10.1. The molecular formula is C16H18ClN5O8S. The molecule has 2 rings (SSSR count). The summed E-state index contributed by atoms with van der Waals surface area (Å²) in [4.78, 5) is 67.8. The minimum Gasteiger partial charge on any atom is -0.463 e. The van der Waals surface area contributed by atoms with Crippen molar-refractivity contribution in [1.82, 2.24) is 15.6 Å². The molecule has 1 saturated heterocycles. The first-order valence-electron chi connectivity index (χ1n) is 8.67. The molecule has 0 unspecified atom stereocenters. The summed E-state index contributed by atoms with van der Waals surface area (Å²) >= 11 is 6.42. The minimum atomic E-state index is -1.27. The lowest BCUT2D eigenvalue weighted by molar-refractivity contribution is -0.163. The highest BCUT2D eigenvalue weighted by Gasteiger charge is 2.47. The lowest BCUT2D eigenvalue weighted by Crippen LogP contribution is -2.72. The van der Waals surface area contributed by atoms with Crippen molar-refractivity contribution in [3.63, 3.8) is 0 Å². The molecule has 1 aromatic heterocycles. The third-order valence-corrected chi connectivity index (χ3v) is 4.60. The van der Waals surface area contributed by atoms with E-state index in [1.807, 2.05) is 0 Å². The van der Waals surface area contributed by atoms with Crippen LogP contribution in [0.25, 0.3) is 0 Å². The SMILES string of the molecule is CCOC(=O)COC(=O)[C@@H]1NC(=O)[C@@H]1NC(=O)C(=NOC)c1csc(NC(=O)CCl)n1. The van der Waals surface area contributed by atoms with Crippen LogP contribution in [0, 0.1) is 0 Å². The number of β-lactam (4-membered cyclic amide) rings is 1. The van der Waals surface area contributed by atoms with Crippen molar-refractivity contribution < 1.29 is 38.3 Å². The number of alkyl halides is 1. The Morgan fingerprint density at radius 2 is 2.06 bits per heavy atom. The number of carbonyl (C=O) groups is 5. The number of anilines is 1. The van der Waals surface area contributed by atoms with Gasteiger partial charge in [0.25, 0.3) is 5.91 Å². The number of rotatable bonds is 10. The first kappa shape index (κ1) is 24.0. The van der Waals surface area contributed by atoms with Gasteiger partial charge in [0, 0.05) is 5.38 Å². The van der Waals surface area contributed by atoms with Gasteiger partial charge >= 0.3 is 11.9 Å². The summed E-state index contributed by atoms with van der Waals surface area (Å²) in [6.07, 6.45) is 0. The molecule has 1 aliphatic rings. The number of halogens is 1. The molecule has 3 amide bonds. The zero-order chi connectivity index (χ0) is 23.0. The maximum absolute atomic E-state index is 12.6. The fourth-order valence-electron chi connectivity index (χ4n) is 2.25. The predicted molar refractivity (Wildman–Crippen MR) is 106 cm³/mol. The number of nitrogens with zero attached hydrogens (tertiary/aromatic N) is 2. The van der Waals surface area contributed by atoms with Gasteiger partial charge in [-0.2, -0.15) is 0 Å². The van der Waals surface area contributed by atoms with E-state index in [4.69, 9.17) is 16.3 Å². The van der Waals surface area contributed by atoms with Gasteiger partial charge in [0.1, 0.15) is 24.7 Å². The van der Waals surface area contributed by atoms with Crippen molar-refractivity contribution >= 4 is 63.4 Å². The first-order chi connectivity index (χ1) is 14.8. The van der Waals surface area contributed by atoms with Gasteiger partial charge in [-0.15, -0.1) is 22.9 Å². The normalized spacial score (nSPS) is 17.6. The summed E-state index contributed by atoms with van der Waals surface area (Å²) < 4.78 is 9.40. The maximum atomic E-state index is 12.6. The topological polar surface area (TPSA) is 174 Å². The molecule has 0 radical (unpaired) electrons. The van der Waals surface area contributed by atoms with Crippen LogP contribution in [0.15, 0.2) is 10.5 Å². The quantitative estimate of drug-likeness (QED) is 0.123.